The molecule has 0 spiro atoms. The molecule has 0 radical (unpaired) electrons. The van der Waals surface area contributed by atoms with E-state index in [2.05, 4.69) is 24.2 Å². The van der Waals surface area contributed by atoms with E-state index in [4.69, 9.17) is 0 Å². The first kappa shape index (κ1) is 8.70. The highest BCUT2D eigenvalue weighted by molar-refractivity contribution is 5.93. The molecule has 0 N–H and O–H groups in total. The zero-order chi connectivity index (χ0) is 9.97. The van der Waals surface area contributed by atoms with E-state index < -0.39 is 0 Å². The van der Waals surface area contributed by atoms with Gasteiger partial charge in [0.1, 0.15) is 0 Å². The van der Waals surface area contributed by atoms with Gasteiger partial charge in [0.05, 0.1) is 5.69 Å². The number of hydrogen-bond donors (Lipinski definition) is 0. The Kier molecular flexibility index (Phi) is 2.15. The van der Waals surface area contributed by atoms with Gasteiger partial charge in [-0.2, -0.15) is 0 Å². The molecule has 1 heteroatoms. The fraction of sp³-hybridized carbons (Fsp3) is 0. The molecule has 0 amide bonds. The Balaban J connectivity index is 2.77. The largest absolute Gasteiger partial charge is 0.256 e. The summed E-state index contributed by atoms with van der Waals surface area (Å²) in [6.07, 6.45) is 3.53. The van der Waals surface area contributed by atoms with Crippen LogP contribution in [0.2, 0.25) is 0 Å². The van der Waals surface area contributed by atoms with Crippen LogP contribution in [0.1, 0.15) is 5.69 Å². The number of allylic oxidation sites excluding steroid dienone is 2. The normalized spacial score (nSPS) is 10.0. The van der Waals surface area contributed by atoms with E-state index in [-0.39, 0.29) is 0 Å². The molecule has 1 aromatic heterocycles. The third-order valence-corrected chi connectivity index (χ3v) is 2.22. The van der Waals surface area contributed by atoms with Crippen molar-refractivity contribution in [2.75, 3.05) is 0 Å². The van der Waals surface area contributed by atoms with Crippen molar-refractivity contribution in [1.29, 1.82) is 0 Å². The molecule has 68 valence electrons. The van der Waals surface area contributed by atoms with Crippen LogP contribution in [-0.4, -0.2) is 4.98 Å². The summed E-state index contributed by atoms with van der Waals surface area (Å²) in [6, 6.07) is 10.1. The maximum absolute atomic E-state index is 4.31. The van der Waals surface area contributed by atoms with Gasteiger partial charge in [0.15, 0.2) is 0 Å². The minimum Gasteiger partial charge on any atom is -0.256 e. The van der Waals surface area contributed by atoms with Crippen molar-refractivity contribution in [2.45, 2.75) is 0 Å². The first-order valence-corrected chi connectivity index (χ1v) is 4.48. The molecule has 2 rings (SSSR count). The summed E-state index contributed by atoms with van der Waals surface area (Å²) in [5.74, 6) is 0. The molecule has 14 heavy (non-hydrogen) atoms. The van der Waals surface area contributed by atoms with Crippen LogP contribution in [-0.2, 0) is 0 Å². The van der Waals surface area contributed by atoms with Crippen LogP contribution in [0.5, 0.6) is 0 Å². The molecule has 1 nitrogen and oxygen atoms in total. The molecule has 1 heterocycles. The van der Waals surface area contributed by atoms with Crippen LogP contribution in [0.3, 0.4) is 0 Å². The monoisotopic (exact) mass is 181 g/mol. The van der Waals surface area contributed by atoms with Crippen LogP contribution < -0.4 is 0 Å². The van der Waals surface area contributed by atoms with E-state index >= 15 is 0 Å². The molecule has 0 atom stereocenters. The summed E-state index contributed by atoms with van der Waals surface area (Å²) in [5, 5.41) is 2.31. The quantitative estimate of drug-likeness (QED) is 0.647. The Hall–Kier alpha value is -1.89. The van der Waals surface area contributed by atoms with Crippen molar-refractivity contribution in [3.05, 3.63) is 61.5 Å². The second-order valence-corrected chi connectivity index (χ2v) is 3.11. The standard InChI is InChI=1S/C13H11N/c1-3-10(2)13-12-7-5-4-6-11(12)8-9-14-13/h3-9H,1-2H2. The molecule has 0 aliphatic carbocycles. The molecule has 0 bridgehead atoms. The fourth-order valence-electron chi connectivity index (χ4n) is 1.47. The van der Waals surface area contributed by atoms with Gasteiger partial charge < -0.3 is 0 Å². The van der Waals surface area contributed by atoms with Gasteiger partial charge >= 0.3 is 0 Å². The van der Waals surface area contributed by atoms with E-state index in [0.717, 1.165) is 16.7 Å². The predicted octanol–water partition coefficient (Wildman–Crippen LogP) is 3.43. The van der Waals surface area contributed by atoms with E-state index in [1.165, 1.54) is 5.39 Å². The Morgan fingerprint density at radius 1 is 1.21 bits per heavy atom. The third-order valence-electron chi connectivity index (χ3n) is 2.22. The minimum absolute atomic E-state index is 0.863. The maximum Gasteiger partial charge on any atom is 0.0774 e. The van der Waals surface area contributed by atoms with E-state index in [9.17, 15) is 0 Å². The first-order valence-electron chi connectivity index (χ1n) is 4.48. The molecule has 0 aliphatic rings. The minimum atomic E-state index is 0.863. The lowest BCUT2D eigenvalue weighted by atomic mass is 10.1. The van der Waals surface area contributed by atoms with Gasteiger partial charge in [-0.05, 0) is 17.0 Å². The summed E-state index contributed by atoms with van der Waals surface area (Å²) in [5.41, 5.74) is 1.78. The van der Waals surface area contributed by atoms with Crippen LogP contribution in [0.25, 0.3) is 16.3 Å². The van der Waals surface area contributed by atoms with Crippen molar-refractivity contribution in [3.8, 4) is 0 Å². The third kappa shape index (κ3) is 1.33. The van der Waals surface area contributed by atoms with E-state index in [1.54, 1.807) is 12.3 Å². The van der Waals surface area contributed by atoms with Gasteiger partial charge in [-0.3, -0.25) is 4.98 Å². The van der Waals surface area contributed by atoms with Crippen LogP contribution in [0.15, 0.2) is 55.8 Å². The van der Waals surface area contributed by atoms with Gasteiger partial charge in [-0.15, -0.1) is 0 Å². The van der Waals surface area contributed by atoms with Crippen molar-refractivity contribution in [1.82, 2.24) is 4.98 Å². The molecule has 0 saturated heterocycles. The second kappa shape index (κ2) is 3.46. The lowest BCUT2D eigenvalue weighted by Crippen LogP contribution is -1.87. The zero-order valence-corrected chi connectivity index (χ0v) is 7.90. The van der Waals surface area contributed by atoms with Crippen molar-refractivity contribution < 1.29 is 0 Å². The van der Waals surface area contributed by atoms with Crippen LogP contribution in [0.4, 0.5) is 0 Å². The number of hydrogen-bond acceptors (Lipinski definition) is 1. The summed E-state index contributed by atoms with van der Waals surface area (Å²) in [6.45, 7) is 7.62. The van der Waals surface area contributed by atoms with Gasteiger partial charge in [-0.1, -0.05) is 43.5 Å². The van der Waals surface area contributed by atoms with Crippen molar-refractivity contribution in [3.63, 3.8) is 0 Å². The van der Waals surface area contributed by atoms with E-state index in [1.807, 2.05) is 24.3 Å². The van der Waals surface area contributed by atoms with Gasteiger partial charge in [-0.25, -0.2) is 0 Å². The molecule has 0 fully saturated rings. The molecular formula is C13H11N. The highest BCUT2D eigenvalue weighted by Crippen LogP contribution is 2.21. The van der Waals surface area contributed by atoms with Crippen LogP contribution >= 0.6 is 0 Å². The highest BCUT2D eigenvalue weighted by atomic mass is 14.7. The zero-order valence-electron chi connectivity index (χ0n) is 7.90. The Morgan fingerprint density at radius 2 is 2.00 bits per heavy atom. The number of fused-ring (bicyclic) bond motifs is 1. The van der Waals surface area contributed by atoms with Crippen molar-refractivity contribution in [2.24, 2.45) is 0 Å². The molecule has 0 aliphatic heterocycles. The summed E-state index contributed by atoms with van der Waals surface area (Å²) >= 11 is 0. The average Bonchev–Trinajstić information content (AvgIpc) is 2.27. The fourth-order valence-corrected chi connectivity index (χ4v) is 1.47. The molecule has 2 aromatic rings. The van der Waals surface area contributed by atoms with Crippen LogP contribution in [0, 0.1) is 0 Å². The molecule has 1 aromatic carbocycles. The summed E-state index contributed by atoms with van der Waals surface area (Å²) < 4.78 is 0. The summed E-state index contributed by atoms with van der Waals surface area (Å²) in [7, 11) is 0. The SMILES string of the molecule is C=CC(=C)c1nccc2ccccc12. The van der Waals surface area contributed by atoms with Crippen molar-refractivity contribution >= 4 is 16.3 Å². The average molecular weight is 181 g/mol. The predicted molar refractivity (Wildman–Crippen MR) is 61.0 cm³/mol. The molecule has 0 unspecified atom stereocenters. The Morgan fingerprint density at radius 3 is 2.79 bits per heavy atom. The maximum atomic E-state index is 4.31. The highest BCUT2D eigenvalue weighted by Gasteiger charge is 2.01. The summed E-state index contributed by atoms with van der Waals surface area (Å²) in [4.78, 5) is 4.31. The van der Waals surface area contributed by atoms with Gasteiger partial charge in [0.25, 0.3) is 0 Å². The number of nitrogens with zero attached hydrogens (tertiary/aromatic N) is 1. The topological polar surface area (TPSA) is 12.9 Å². The smallest absolute Gasteiger partial charge is 0.0774 e. The number of aromatic nitrogens is 1. The number of rotatable bonds is 2. The molecular weight excluding hydrogens is 170 g/mol. The number of pyridine rings is 1. The Bertz CT molecular complexity index is 492. The first-order chi connectivity index (χ1) is 6.83. The number of benzene rings is 1. The van der Waals surface area contributed by atoms with E-state index in [0.29, 0.717) is 0 Å². The van der Waals surface area contributed by atoms with Gasteiger partial charge in [0.2, 0.25) is 0 Å². The lowest BCUT2D eigenvalue weighted by molar-refractivity contribution is 1.32. The molecule has 0 saturated carbocycles. The second-order valence-electron chi connectivity index (χ2n) is 3.11. The van der Waals surface area contributed by atoms with Gasteiger partial charge in [0, 0.05) is 11.6 Å². The lowest BCUT2D eigenvalue weighted by Gasteiger charge is -2.04. The Labute approximate surface area is 83.4 Å².